The fourth-order valence-electron chi connectivity index (χ4n) is 5.06. The largest absolute Gasteiger partial charge is 0.490 e. The van der Waals surface area contributed by atoms with Gasteiger partial charge in [-0.05, 0) is 85.5 Å². The van der Waals surface area contributed by atoms with Crippen molar-refractivity contribution >= 4 is 33.4 Å². The van der Waals surface area contributed by atoms with Gasteiger partial charge < -0.3 is 18.3 Å². The Balaban J connectivity index is 1.70. The van der Waals surface area contributed by atoms with Crippen molar-refractivity contribution < 1.29 is 28.0 Å². The summed E-state index contributed by atoms with van der Waals surface area (Å²) in [7, 11) is -2.24. The average molecular weight is 792 g/mol. The normalized spacial score (nSPS) is 13.6. The molecule has 0 saturated carbocycles. The van der Waals surface area contributed by atoms with Gasteiger partial charge in [-0.3, -0.25) is 9.63 Å². The first-order chi connectivity index (χ1) is 25.5. The van der Waals surface area contributed by atoms with E-state index in [2.05, 4.69) is 79.3 Å². The molecule has 0 aliphatic heterocycles. The number of nitrogens with one attached hydrogen (secondary N) is 1. The smallest absolute Gasteiger partial charge is 0.248 e. The molecule has 0 aliphatic rings. The molecule has 1 aromatic carbocycles. The summed E-state index contributed by atoms with van der Waals surface area (Å²) in [6.45, 7) is 29.8. The number of hydrogen-bond donors (Lipinski definition) is 1. The Labute approximate surface area is 331 Å². The molecule has 1 amide bonds. The minimum Gasteiger partial charge on any atom is -0.490 e. The van der Waals surface area contributed by atoms with E-state index in [0.717, 1.165) is 34.3 Å². The van der Waals surface area contributed by atoms with Gasteiger partial charge in [0, 0.05) is 24.7 Å². The number of benzene rings is 1. The van der Waals surface area contributed by atoms with Crippen LogP contribution in [0.15, 0.2) is 54.7 Å². The fourth-order valence-corrected chi connectivity index (χ4v) is 7.09. The number of hydrogen-bond acceptors (Lipinski definition) is 9. The summed E-state index contributed by atoms with van der Waals surface area (Å²) in [5.74, 6) is 1.14. The molecule has 11 nitrogen and oxygen atoms in total. The van der Waals surface area contributed by atoms with Gasteiger partial charge in [-0.1, -0.05) is 74.4 Å². The zero-order chi connectivity index (χ0) is 40.8. The number of carbonyl (C=O) groups excluding carboxylic acids is 1. The van der Waals surface area contributed by atoms with Crippen molar-refractivity contribution in [2.75, 3.05) is 26.9 Å². The van der Waals surface area contributed by atoms with Gasteiger partial charge in [0.25, 0.3) is 0 Å². The van der Waals surface area contributed by atoms with Crippen LogP contribution in [0.5, 0.6) is 5.75 Å². The summed E-state index contributed by atoms with van der Waals surface area (Å²) >= 11 is 0. The summed E-state index contributed by atoms with van der Waals surface area (Å²) in [5, 5.41) is 5.83. The molecule has 3 aromatic heterocycles. The Morgan fingerprint density at radius 1 is 0.836 bits per heavy atom. The minimum atomic E-state index is -1.97. The summed E-state index contributed by atoms with van der Waals surface area (Å²) in [6, 6.07) is 15.8. The minimum absolute atomic E-state index is 0.0926. The average Bonchev–Trinajstić information content (AvgIpc) is 3.53. The molecule has 0 fully saturated rings. The van der Waals surface area contributed by atoms with Crippen LogP contribution >= 0.6 is 0 Å². The highest BCUT2D eigenvalue weighted by Crippen LogP contribution is 2.39. The lowest BCUT2D eigenvalue weighted by Gasteiger charge is -2.36. The van der Waals surface area contributed by atoms with Crippen molar-refractivity contribution in [2.45, 2.75) is 124 Å². The molecule has 0 saturated heterocycles. The number of hydroxylamine groups is 1. The van der Waals surface area contributed by atoms with Gasteiger partial charge in [0.05, 0.1) is 47.4 Å². The molecule has 4 rings (SSSR count). The van der Waals surface area contributed by atoms with Crippen molar-refractivity contribution in [1.82, 2.24) is 25.2 Å². The van der Waals surface area contributed by atoms with Crippen molar-refractivity contribution in [3.63, 3.8) is 0 Å². The molecule has 13 heteroatoms. The number of ether oxygens (including phenoxy) is 2. The van der Waals surface area contributed by atoms with Crippen molar-refractivity contribution in [3.8, 4) is 22.8 Å². The molecule has 3 heterocycles. The molecule has 4 aromatic rings. The van der Waals surface area contributed by atoms with Crippen LogP contribution in [-0.2, 0) is 29.8 Å². The summed E-state index contributed by atoms with van der Waals surface area (Å²) < 4.78 is 26.4. The Morgan fingerprint density at radius 3 is 2.16 bits per heavy atom. The maximum Gasteiger partial charge on any atom is 0.248 e. The number of pyridine rings is 2. The molecular weight excluding hydrogens is 727 g/mol. The van der Waals surface area contributed by atoms with E-state index in [1.807, 2.05) is 67.9 Å². The number of rotatable bonds is 17. The van der Waals surface area contributed by atoms with E-state index in [4.69, 9.17) is 38.2 Å². The second-order valence-electron chi connectivity index (χ2n) is 18.3. The molecule has 1 atom stereocenters. The predicted molar refractivity (Wildman–Crippen MR) is 225 cm³/mol. The highest BCUT2D eigenvalue weighted by molar-refractivity contribution is 6.74. The zero-order valence-electron chi connectivity index (χ0n) is 35.8. The van der Waals surface area contributed by atoms with Gasteiger partial charge >= 0.3 is 0 Å². The van der Waals surface area contributed by atoms with Gasteiger partial charge in [-0.2, -0.15) is 5.10 Å². The number of carbonyl (C=O) groups is 1. The molecule has 0 radical (unpaired) electrons. The van der Waals surface area contributed by atoms with Crippen LogP contribution in [0, 0.1) is 5.41 Å². The van der Waals surface area contributed by atoms with Gasteiger partial charge in [-0.25, -0.2) is 20.1 Å². The third-order valence-corrected chi connectivity index (χ3v) is 19.9. The topological polar surface area (TPSA) is 119 Å². The molecule has 0 bridgehead atoms. The maximum atomic E-state index is 12.9. The molecule has 1 N–H and O–H groups in total. The Morgan fingerprint density at radius 2 is 1.51 bits per heavy atom. The van der Waals surface area contributed by atoms with Crippen LogP contribution in [0.1, 0.15) is 92.6 Å². The van der Waals surface area contributed by atoms with E-state index >= 15 is 0 Å². The monoisotopic (exact) mass is 791 g/mol. The molecule has 55 heavy (non-hydrogen) atoms. The van der Waals surface area contributed by atoms with Crippen LogP contribution < -0.4 is 10.2 Å². The van der Waals surface area contributed by atoms with Crippen LogP contribution in [0.25, 0.3) is 28.0 Å². The summed E-state index contributed by atoms with van der Waals surface area (Å²) in [5.41, 5.74) is 6.01. The summed E-state index contributed by atoms with van der Waals surface area (Å²) in [4.78, 5) is 29.1. The number of fused-ring (bicyclic) bond motifs is 1. The van der Waals surface area contributed by atoms with E-state index in [-0.39, 0.29) is 16.0 Å². The number of nitrogens with zero attached hydrogens (tertiary/aromatic N) is 4. The van der Waals surface area contributed by atoms with Gasteiger partial charge in [0.1, 0.15) is 18.5 Å². The van der Waals surface area contributed by atoms with E-state index in [9.17, 15) is 4.79 Å². The fraction of sp³-hybridized carbons (Fsp3) is 0.571. The van der Waals surface area contributed by atoms with Crippen LogP contribution in [-0.4, -0.2) is 69.2 Å². The van der Waals surface area contributed by atoms with Gasteiger partial charge in [0.15, 0.2) is 22.5 Å². The van der Waals surface area contributed by atoms with E-state index in [1.165, 1.54) is 0 Å². The van der Waals surface area contributed by atoms with Crippen LogP contribution in [0.3, 0.4) is 0 Å². The lowest BCUT2D eigenvalue weighted by Crippen LogP contribution is -2.41. The Hall–Kier alpha value is -3.47. The van der Waals surface area contributed by atoms with Gasteiger partial charge in [-0.15, -0.1) is 0 Å². The number of methoxy groups -OCH3 is 1. The first kappa shape index (κ1) is 44.3. The lowest BCUT2D eigenvalue weighted by atomic mass is 9.96. The van der Waals surface area contributed by atoms with Crippen molar-refractivity contribution in [2.24, 2.45) is 5.41 Å². The highest BCUT2D eigenvalue weighted by atomic mass is 28.4. The second-order valence-corrected chi connectivity index (χ2v) is 27.9. The van der Waals surface area contributed by atoms with Crippen molar-refractivity contribution in [1.29, 1.82) is 0 Å². The molecule has 302 valence electrons. The van der Waals surface area contributed by atoms with Gasteiger partial charge in [0.2, 0.25) is 5.91 Å². The molecular formula is C42H65N5O6Si2. The standard InChI is InChI=1S/C42H65N5O6Si2/c1-40(2,3)39(48)46-53-36(21-17-23-51-54(11,12)41(4,5)6)34-20-16-19-33(45-34)30-26-35-32(37(27-30)50-25-24-49-10)28-43-47(35)38-22-15-18-31(44-38)29-52-55(13,14)42(7,8)9/h15-16,18-20,22,26-28,36H,17,21,23-25,29H2,1-14H3,(H,46,48). The quantitative estimate of drug-likeness (QED) is 0.0633. The Bertz CT molecular complexity index is 1890. The predicted octanol–water partition coefficient (Wildman–Crippen LogP) is 9.97. The van der Waals surface area contributed by atoms with E-state index in [0.29, 0.717) is 50.1 Å². The maximum absolute atomic E-state index is 12.9. The van der Waals surface area contributed by atoms with Crippen molar-refractivity contribution in [3.05, 3.63) is 66.1 Å². The number of aromatic nitrogens is 4. The molecule has 0 aliphatic carbocycles. The first-order valence-electron chi connectivity index (χ1n) is 19.4. The van der Waals surface area contributed by atoms with Crippen LogP contribution in [0.4, 0.5) is 0 Å². The van der Waals surface area contributed by atoms with E-state index < -0.39 is 28.2 Å². The Kier molecular flexibility index (Phi) is 14.3. The van der Waals surface area contributed by atoms with E-state index in [1.54, 1.807) is 13.3 Å². The second kappa shape index (κ2) is 17.8. The first-order valence-corrected chi connectivity index (χ1v) is 25.2. The zero-order valence-corrected chi connectivity index (χ0v) is 37.8. The molecule has 0 spiro atoms. The lowest BCUT2D eigenvalue weighted by molar-refractivity contribution is -0.147. The third-order valence-electron chi connectivity index (χ3n) is 10.8. The van der Waals surface area contributed by atoms with Crippen LogP contribution in [0.2, 0.25) is 36.3 Å². The SMILES string of the molecule is COCCOc1cc(-c2cccc(C(CCCO[Si](C)(C)C(C)(C)C)ONC(=O)C(C)(C)C)n2)cc2c1cnn2-c1cccc(CO[Si](C)(C)C(C)(C)C)n1. The molecule has 1 unspecified atom stereocenters. The third kappa shape index (κ3) is 11.5. The highest BCUT2D eigenvalue weighted by Gasteiger charge is 2.38. The number of amides is 1. The summed E-state index contributed by atoms with van der Waals surface area (Å²) in [6.07, 6.45) is 2.65.